The van der Waals surface area contributed by atoms with Crippen molar-refractivity contribution in [1.82, 2.24) is 0 Å². The minimum Gasteiger partial charge on any atom is -0.497 e. The van der Waals surface area contributed by atoms with Gasteiger partial charge in [0.2, 0.25) is 0 Å². The average molecular weight is 307 g/mol. The SMILES string of the molecule is COc1ccc(N2C(=O)c3ccccc3[C@H]3CCCC[C@H]32)cc1. The topological polar surface area (TPSA) is 29.5 Å². The lowest BCUT2D eigenvalue weighted by atomic mass is 9.74. The van der Waals surface area contributed by atoms with Gasteiger partial charge in [0, 0.05) is 23.2 Å². The first kappa shape index (κ1) is 14.3. The molecule has 2 aliphatic rings. The van der Waals surface area contributed by atoms with Crippen molar-refractivity contribution >= 4 is 11.6 Å². The van der Waals surface area contributed by atoms with E-state index in [-0.39, 0.29) is 11.9 Å². The van der Waals surface area contributed by atoms with Gasteiger partial charge in [-0.25, -0.2) is 0 Å². The second kappa shape index (κ2) is 5.73. The van der Waals surface area contributed by atoms with E-state index in [4.69, 9.17) is 4.74 Å². The number of benzene rings is 2. The van der Waals surface area contributed by atoms with E-state index < -0.39 is 0 Å². The first-order valence-electron chi connectivity index (χ1n) is 8.36. The van der Waals surface area contributed by atoms with Gasteiger partial charge in [-0.1, -0.05) is 31.0 Å². The fraction of sp³-hybridized carbons (Fsp3) is 0.350. The lowest BCUT2D eigenvalue weighted by Gasteiger charge is -2.44. The highest BCUT2D eigenvalue weighted by atomic mass is 16.5. The Balaban J connectivity index is 1.80. The maximum absolute atomic E-state index is 13.1. The van der Waals surface area contributed by atoms with Crippen molar-refractivity contribution in [3.05, 3.63) is 59.7 Å². The Kier molecular flexibility index (Phi) is 3.56. The predicted octanol–water partition coefficient (Wildman–Crippen LogP) is 4.38. The van der Waals surface area contributed by atoms with Crippen LogP contribution in [-0.2, 0) is 0 Å². The molecule has 3 nitrogen and oxygen atoms in total. The smallest absolute Gasteiger partial charge is 0.258 e. The molecule has 0 aromatic heterocycles. The molecule has 1 heterocycles. The number of carbonyl (C=O) groups excluding carboxylic acids is 1. The molecule has 2 aromatic rings. The summed E-state index contributed by atoms with van der Waals surface area (Å²) in [5.74, 6) is 1.41. The molecule has 1 fully saturated rings. The highest BCUT2D eigenvalue weighted by Crippen LogP contribution is 2.43. The van der Waals surface area contributed by atoms with Gasteiger partial charge in [-0.15, -0.1) is 0 Å². The fourth-order valence-corrected chi connectivity index (χ4v) is 4.13. The summed E-state index contributed by atoms with van der Waals surface area (Å²) in [5.41, 5.74) is 3.08. The van der Waals surface area contributed by atoms with E-state index in [9.17, 15) is 4.79 Å². The number of hydrogen-bond donors (Lipinski definition) is 0. The first-order valence-corrected chi connectivity index (χ1v) is 8.36. The van der Waals surface area contributed by atoms with Gasteiger partial charge >= 0.3 is 0 Å². The number of rotatable bonds is 2. The summed E-state index contributed by atoms with van der Waals surface area (Å²) in [6, 6.07) is 16.3. The molecule has 2 aromatic carbocycles. The lowest BCUT2D eigenvalue weighted by molar-refractivity contribution is 0.0951. The molecule has 0 radical (unpaired) electrons. The summed E-state index contributed by atoms with van der Waals surface area (Å²) in [7, 11) is 1.66. The minimum atomic E-state index is 0.133. The standard InChI is InChI=1S/C20H21NO2/c1-23-15-12-10-14(11-13-15)21-19-9-5-4-7-17(19)16-6-2-3-8-18(16)20(21)22/h2-3,6,8,10-13,17,19H,4-5,7,9H2,1H3/t17-,19-/m1/s1. The Morgan fingerprint density at radius 1 is 1.00 bits per heavy atom. The Morgan fingerprint density at radius 2 is 1.74 bits per heavy atom. The van der Waals surface area contributed by atoms with Crippen LogP contribution in [0.4, 0.5) is 5.69 Å². The number of methoxy groups -OCH3 is 1. The van der Waals surface area contributed by atoms with Crippen molar-refractivity contribution in [1.29, 1.82) is 0 Å². The molecule has 118 valence electrons. The Bertz CT molecular complexity index is 723. The molecule has 0 unspecified atom stereocenters. The van der Waals surface area contributed by atoms with Crippen LogP contribution in [0.2, 0.25) is 0 Å². The lowest BCUT2D eigenvalue weighted by Crippen LogP contribution is -2.49. The van der Waals surface area contributed by atoms with Crippen LogP contribution < -0.4 is 9.64 Å². The number of amides is 1. The summed E-state index contributed by atoms with van der Waals surface area (Å²) in [6.07, 6.45) is 4.70. The zero-order chi connectivity index (χ0) is 15.8. The molecular formula is C20H21NO2. The maximum atomic E-state index is 13.1. The van der Waals surface area contributed by atoms with Gasteiger partial charge in [-0.05, 0) is 48.7 Å². The van der Waals surface area contributed by atoms with Crippen molar-refractivity contribution in [2.75, 3.05) is 12.0 Å². The molecule has 0 spiro atoms. The van der Waals surface area contributed by atoms with Crippen LogP contribution in [0, 0.1) is 0 Å². The minimum absolute atomic E-state index is 0.133. The van der Waals surface area contributed by atoms with Crippen molar-refractivity contribution in [3.63, 3.8) is 0 Å². The van der Waals surface area contributed by atoms with Crippen molar-refractivity contribution < 1.29 is 9.53 Å². The van der Waals surface area contributed by atoms with E-state index in [1.165, 1.54) is 24.8 Å². The normalized spacial score (nSPS) is 23.2. The maximum Gasteiger partial charge on any atom is 0.258 e. The van der Waals surface area contributed by atoms with Crippen LogP contribution in [0.1, 0.15) is 47.5 Å². The highest BCUT2D eigenvalue weighted by molar-refractivity contribution is 6.09. The van der Waals surface area contributed by atoms with Crippen molar-refractivity contribution in [3.8, 4) is 5.75 Å². The quantitative estimate of drug-likeness (QED) is 0.824. The Morgan fingerprint density at radius 3 is 2.52 bits per heavy atom. The summed E-state index contributed by atoms with van der Waals surface area (Å²) in [6.45, 7) is 0. The third-order valence-electron chi connectivity index (χ3n) is 5.22. The van der Waals surface area contributed by atoms with E-state index in [0.717, 1.165) is 23.4 Å². The molecule has 0 bridgehead atoms. The largest absolute Gasteiger partial charge is 0.497 e. The molecule has 0 saturated heterocycles. The zero-order valence-corrected chi connectivity index (χ0v) is 13.4. The third kappa shape index (κ3) is 2.31. The predicted molar refractivity (Wildman–Crippen MR) is 91.2 cm³/mol. The van der Waals surface area contributed by atoms with Gasteiger partial charge < -0.3 is 9.64 Å². The van der Waals surface area contributed by atoms with Gasteiger partial charge in [-0.2, -0.15) is 0 Å². The van der Waals surface area contributed by atoms with Crippen LogP contribution in [0.3, 0.4) is 0 Å². The number of carbonyl (C=O) groups is 1. The molecule has 1 aliphatic heterocycles. The van der Waals surface area contributed by atoms with Crippen LogP contribution in [0.25, 0.3) is 0 Å². The molecular weight excluding hydrogens is 286 g/mol. The summed E-state index contributed by atoms with van der Waals surface area (Å²) < 4.78 is 5.24. The van der Waals surface area contributed by atoms with Crippen LogP contribution in [0.15, 0.2) is 48.5 Å². The summed E-state index contributed by atoms with van der Waals surface area (Å²) in [5, 5.41) is 0. The van der Waals surface area contributed by atoms with E-state index in [0.29, 0.717) is 5.92 Å². The first-order chi connectivity index (χ1) is 11.3. The van der Waals surface area contributed by atoms with Crippen LogP contribution in [-0.4, -0.2) is 19.1 Å². The van der Waals surface area contributed by atoms with Crippen molar-refractivity contribution in [2.24, 2.45) is 0 Å². The summed E-state index contributed by atoms with van der Waals surface area (Å²) >= 11 is 0. The second-order valence-electron chi connectivity index (χ2n) is 6.42. The number of fused-ring (bicyclic) bond motifs is 3. The van der Waals surface area contributed by atoms with Gasteiger partial charge in [-0.3, -0.25) is 4.79 Å². The molecule has 4 rings (SSSR count). The molecule has 1 saturated carbocycles. The highest BCUT2D eigenvalue weighted by Gasteiger charge is 2.41. The van der Waals surface area contributed by atoms with E-state index in [1.54, 1.807) is 7.11 Å². The second-order valence-corrected chi connectivity index (χ2v) is 6.42. The molecule has 2 atom stereocenters. The molecule has 3 heteroatoms. The van der Waals surface area contributed by atoms with E-state index >= 15 is 0 Å². The van der Waals surface area contributed by atoms with Gasteiger partial charge in [0.15, 0.2) is 0 Å². The Hall–Kier alpha value is -2.29. The average Bonchev–Trinajstić information content (AvgIpc) is 2.63. The van der Waals surface area contributed by atoms with Gasteiger partial charge in [0.1, 0.15) is 5.75 Å². The number of anilines is 1. The van der Waals surface area contributed by atoms with Gasteiger partial charge in [0.05, 0.1) is 7.11 Å². The summed E-state index contributed by atoms with van der Waals surface area (Å²) in [4.78, 5) is 15.1. The van der Waals surface area contributed by atoms with E-state index in [2.05, 4.69) is 12.1 Å². The van der Waals surface area contributed by atoms with Crippen molar-refractivity contribution in [2.45, 2.75) is 37.6 Å². The molecule has 1 aliphatic carbocycles. The molecule has 0 N–H and O–H groups in total. The third-order valence-corrected chi connectivity index (χ3v) is 5.22. The Labute approximate surface area is 136 Å². The number of ether oxygens (including phenoxy) is 1. The van der Waals surface area contributed by atoms with Crippen LogP contribution in [0.5, 0.6) is 5.75 Å². The van der Waals surface area contributed by atoms with Gasteiger partial charge in [0.25, 0.3) is 5.91 Å². The number of nitrogens with zero attached hydrogens (tertiary/aromatic N) is 1. The van der Waals surface area contributed by atoms with E-state index in [1.807, 2.05) is 41.3 Å². The zero-order valence-electron chi connectivity index (χ0n) is 13.4. The molecule has 23 heavy (non-hydrogen) atoms. The van der Waals surface area contributed by atoms with Crippen LogP contribution >= 0.6 is 0 Å². The monoisotopic (exact) mass is 307 g/mol. The fourth-order valence-electron chi connectivity index (χ4n) is 4.13. The molecule has 1 amide bonds. The number of hydrogen-bond acceptors (Lipinski definition) is 2.